The highest BCUT2D eigenvalue weighted by Crippen LogP contribution is 2.37. The summed E-state index contributed by atoms with van der Waals surface area (Å²) in [7, 11) is 0. The highest BCUT2D eigenvalue weighted by Gasteiger charge is 2.46. The molecule has 2 aromatic carbocycles. The number of carbonyl (C=O) groups excluding carboxylic acids is 3. The molecular weight excluding hydrogens is 612 g/mol. The molecule has 2 atom stereocenters. The van der Waals surface area contributed by atoms with Crippen LogP contribution in [0.5, 0.6) is 0 Å². The number of benzene rings is 2. The fourth-order valence-electron chi connectivity index (χ4n) is 5.03. The number of hydrogen-bond donors (Lipinski definition) is 0. The lowest BCUT2D eigenvalue weighted by molar-refractivity contribution is -0.138. The van der Waals surface area contributed by atoms with E-state index in [1.165, 1.54) is 34.0 Å². The standard InChI is InChI=1S/C29H27ClF4N4O4S/c1-28(2,3)42-26(40)36-9-8-23(21(31)15-36)38-25(39)24(43-27(38)41)11-16-4-7-22-18(10-16)13-35-37(22)14-17-5-6-19(30)12-20(17)29(32,33)34/h4-7,10-13,21,23H,8-9,14-15H2,1-3H3/b24-11+. The van der Waals surface area contributed by atoms with Crippen LogP contribution in [0, 0.1) is 0 Å². The van der Waals surface area contributed by atoms with Crippen molar-refractivity contribution in [3.05, 3.63) is 69.2 Å². The highest BCUT2D eigenvalue weighted by molar-refractivity contribution is 8.18. The second-order valence-electron chi connectivity index (χ2n) is 11.3. The number of nitrogens with zero attached hydrogens (tertiary/aromatic N) is 4. The van der Waals surface area contributed by atoms with E-state index in [-0.39, 0.29) is 41.5 Å². The van der Waals surface area contributed by atoms with E-state index >= 15 is 4.39 Å². The van der Waals surface area contributed by atoms with Crippen molar-refractivity contribution in [2.75, 3.05) is 13.1 Å². The maximum absolute atomic E-state index is 15.2. The Morgan fingerprint density at radius 2 is 1.91 bits per heavy atom. The Hall–Kier alpha value is -3.58. The van der Waals surface area contributed by atoms with Crippen LogP contribution in [0.1, 0.15) is 43.9 Å². The van der Waals surface area contributed by atoms with Gasteiger partial charge in [0.25, 0.3) is 11.1 Å². The molecule has 0 bridgehead atoms. The van der Waals surface area contributed by atoms with Gasteiger partial charge in [0, 0.05) is 17.0 Å². The van der Waals surface area contributed by atoms with Gasteiger partial charge in [-0.15, -0.1) is 0 Å². The van der Waals surface area contributed by atoms with Gasteiger partial charge in [0.1, 0.15) is 11.8 Å². The summed E-state index contributed by atoms with van der Waals surface area (Å²) in [6, 6.07) is 7.56. The molecule has 0 saturated carbocycles. The monoisotopic (exact) mass is 638 g/mol. The summed E-state index contributed by atoms with van der Waals surface area (Å²) >= 11 is 6.48. The molecule has 0 radical (unpaired) electrons. The van der Waals surface area contributed by atoms with E-state index in [2.05, 4.69) is 5.10 Å². The van der Waals surface area contributed by atoms with Crippen molar-refractivity contribution in [2.45, 2.75) is 57.7 Å². The number of halogens is 5. The van der Waals surface area contributed by atoms with Crippen molar-refractivity contribution in [1.82, 2.24) is 19.6 Å². The molecule has 0 N–H and O–H groups in total. The molecule has 0 spiro atoms. The van der Waals surface area contributed by atoms with Gasteiger partial charge in [0.05, 0.1) is 41.3 Å². The van der Waals surface area contributed by atoms with Gasteiger partial charge in [-0.3, -0.25) is 19.2 Å². The molecule has 14 heteroatoms. The first-order valence-corrected chi connectivity index (χ1v) is 14.5. The Labute approximate surface area is 253 Å². The van der Waals surface area contributed by atoms with Crippen LogP contribution in [0.4, 0.5) is 27.2 Å². The quantitative estimate of drug-likeness (QED) is 0.223. The number of fused-ring (bicyclic) bond motifs is 1. The Bertz CT molecular complexity index is 1630. The number of aromatic nitrogens is 2. The van der Waals surface area contributed by atoms with Gasteiger partial charge in [0.2, 0.25) is 0 Å². The number of hydrogen-bond acceptors (Lipinski definition) is 6. The van der Waals surface area contributed by atoms with Gasteiger partial charge in [-0.1, -0.05) is 23.7 Å². The zero-order chi connectivity index (χ0) is 31.3. The summed E-state index contributed by atoms with van der Waals surface area (Å²) in [6.45, 7) is 4.79. The van der Waals surface area contributed by atoms with Gasteiger partial charge in [0.15, 0.2) is 0 Å². The number of imide groups is 1. The van der Waals surface area contributed by atoms with Crippen LogP contribution in [0.2, 0.25) is 5.02 Å². The summed E-state index contributed by atoms with van der Waals surface area (Å²) in [4.78, 5) is 40.6. The number of amides is 3. The summed E-state index contributed by atoms with van der Waals surface area (Å²) in [5, 5.41) is 4.21. The average Bonchev–Trinajstić information content (AvgIpc) is 3.42. The van der Waals surface area contributed by atoms with E-state index in [1.807, 2.05) is 0 Å². The van der Waals surface area contributed by atoms with Gasteiger partial charge in [-0.25, -0.2) is 9.18 Å². The van der Waals surface area contributed by atoms with E-state index in [9.17, 15) is 27.6 Å². The molecule has 2 aliphatic heterocycles. The van der Waals surface area contributed by atoms with Crippen LogP contribution in [-0.4, -0.2) is 67.7 Å². The molecule has 2 fully saturated rings. The molecule has 1 aromatic heterocycles. The fraction of sp³-hybridized carbons (Fsp3) is 0.379. The van der Waals surface area contributed by atoms with Crippen LogP contribution in [-0.2, 0) is 22.3 Å². The van der Waals surface area contributed by atoms with E-state index in [1.54, 1.807) is 39.0 Å². The summed E-state index contributed by atoms with van der Waals surface area (Å²) in [5.74, 6) is -0.633. The third-order valence-corrected chi connectivity index (χ3v) is 8.09. The molecule has 3 aromatic rings. The second-order valence-corrected chi connectivity index (χ2v) is 12.7. The molecule has 2 unspecified atom stereocenters. The van der Waals surface area contributed by atoms with Crippen LogP contribution >= 0.6 is 23.4 Å². The molecule has 2 aliphatic rings. The number of rotatable bonds is 4. The average molecular weight is 639 g/mol. The van der Waals surface area contributed by atoms with E-state index in [0.717, 1.165) is 11.0 Å². The largest absolute Gasteiger partial charge is 0.444 e. The Morgan fingerprint density at radius 3 is 2.58 bits per heavy atom. The van der Waals surface area contributed by atoms with Crippen LogP contribution in [0.25, 0.3) is 17.0 Å². The third kappa shape index (κ3) is 6.67. The van der Waals surface area contributed by atoms with Crippen molar-refractivity contribution >= 4 is 57.6 Å². The molecule has 2 saturated heterocycles. The van der Waals surface area contributed by atoms with E-state index in [0.29, 0.717) is 28.2 Å². The Balaban J connectivity index is 1.31. The summed E-state index contributed by atoms with van der Waals surface area (Å²) in [6.07, 6.45) is -3.82. The Kier molecular flexibility index (Phi) is 8.25. The lowest BCUT2D eigenvalue weighted by Crippen LogP contribution is -2.55. The number of thioether (sulfide) groups is 1. The Morgan fingerprint density at radius 1 is 1.16 bits per heavy atom. The molecule has 8 nitrogen and oxygen atoms in total. The first-order chi connectivity index (χ1) is 20.1. The maximum Gasteiger partial charge on any atom is 0.416 e. The molecule has 43 heavy (non-hydrogen) atoms. The zero-order valence-electron chi connectivity index (χ0n) is 23.3. The number of alkyl halides is 4. The van der Waals surface area contributed by atoms with Crippen molar-refractivity contribution in [1.29, 1.82) is 0 Å². The number of carbonyl (C=O) groups is 3. The molecule has 3 amide bonds. The minimum absolute atomic E-state index is 0.00254. The first kappa shape index (κ1) is 30.9. The summed E-state index contributed by atoms with van der Waals surface area (Å²) < 4.78 is 62.6. The number of ether oxygens (including phenoxy) is 1. The molecule has 3 heterocycles. The predicted molar refractivity (Wildman–Crippen MR) is 154 cm³/mol. The molecule has 228 valence electrons. The maximum atomic E-state index is 15.2. The fourth-order valence-corrected chi connectivity index (χ4v) is 6.08. The first-order valence-electron chi connectivity index (χ1n) is 13.3. The molecule has 5 rings (SSSR count). The normalized spacial score (nSPS) is 20.9. The smallest absolute Gasteiger partial charge is 0.416 e. The minimum Gasteiger partial charge on any atom is -0.444 e. The van der Waals surface area contributed by atoms with Gasteiger partial charge in [-0.05, 0) is 80.4 Å². The van der Waals surface area contributed by atoms with Crippen molar-refractivity contribution in [3.63, 3.8) is 0 Å². The minimum atomic E-state index is -4.59. The van der Waals surface area contributed by atoms with Gasteiger partial charge >= 0.3 is 12.3 Å². The lowest BCUT2D eigenvalue weighted by Gasteiger charge is -2.38. The van der Waals surface area contributed by atoms with Crippen molar-refractivity contribution < 1.29 is 36.7 Å². The number of piperidine rings is 1. The third-order valence-electron chi connectivity index (χ3n) is 6.98. The second kappa shape index (κ2) is 11.5. The number of likely N-dealkylation sites (tertiary alicyclic amines) is 1. The van der Waals surface area contributed by atoms with Gasteiger partial charge < -0.3 is 9.64 Å². The van der Waals surface area contributed by atoms with Crippen LogP contribution in [0.3, 0.4) is 0 Å². The SMILES string of the molecule is CC(C)(C)OC(=O)N1CCC(N2C(=O)S/C(=C/c3ccc4c(cnn4Cc4ccc(Cl)cc4C(F)(F)F)c3)C2=O)C(F)C1. The predicted octanol–water partition coefficient (Wildman–Crippen LogP) is 7.14. The van der Waals surface area contributed by atoms with Crippen molar-refractivity contribution in [3.8, 4) is 0 Å². The molecular formula is C29H27ClF4N4O4S. The molecule has 0 aliphatic carbocycles. The van der Waals surface area contributed by atoms with Gasteiger partial charge in [-0.2, -0.15) is 18.3 Å². The topological polar surface area (TPSA) is 84.7 Å². The zero-order valence-corrected chi connectivity index (χ0v) is 24.9. The van der Waals surface area contributed by atoms with Crippen LogP contribution in [0.15, 0.2) is 47.5 Å². The van der Waals surface area contributed by atoms with E-state index in [4.69, 9.17) is 16.3 Å². The van der Waals surface area contributed by atoms with Crippen molar-refractivity contribution in [2.24, 2.45) is 0 Å². The van der Waals surface area contributed by atoms with Crippen LogP contribution < -0.4 is 0 Å². The highest BCUT2D eigenvalue weighted by atomic mass is 35.5. The summed E-state index contributed by atoms with van der Waals surface area (Å²) in [5.41, 5.74) is -0.474. The lowest BCUT2D eigenvalue weighted by atomic mass is 10.0. The van der Waals surface area contributed by atoms with E-state index < -0.39 is 46.8 Å².